The van der Waals surface area contributed by atoms with E-state index in [0.29, 0.717) is 38.8 Å². The fraction of sp³-hybridized carbons (Fsp3) is 0.619. The predicted molar refractivity (Wildman–Crippen MR) is 210 cm³/mol. The minimum atomic E-state index is -2.11. The summed E-state index contributed by atoms with van der Waals surface area (Å²) in [5.74, 6) is -3.29. The van der Waals surface area contributed by atoms with E-state index in [-0.39, 0.29) is 46.4 Å². The highest BCUT2D eigenvalue weighted by molar-refractivity contribution is 6.31. The van der Waals surface area contributed by atoms with Crippen LogP contribution in [-0.4, -0.2) is 112 Å². The highest BCUT2D eigenvalue weighted by atomic mass is 16.7. The largest absolute Gasteiger partial charge is 0.507 e. The second-order valence-corrected chi connectivity index (χ2v) is 16.8. The quantitative estimate of drug-likeness (QED) is 0.0554. The summed E-state index contributed by atoms with van der Waals surface area (Å²) in [5, 5.41) is 46.3. The van der Waals surface area contributed by atoms with Gasteiger partial charge in [-0.15, -0.1) is 0 Å². The molecule has 8 N–H and O–H groups in total. The minimum absolute atomic E-state index is 0.00589. The number of hydrogen-bond donors (Lipinski definition) is 7. The van der Waals surface area contributed by atoms with Crippen molar-refractivity contribution in [2.24, 2.45) is 5.73 Å². The Kier molecular flexibility index (Phi) is 14.1. The Morgan fingerprint density at radius 3 is 2.38 bits per heavy atom. The third-order valence-electron chi connectivity index (χ3n) is 11.3. The van der Waals surface area contributed by atoms with Gasteiger partial charge < -0.3 is 54.6 Å². The van der Waals surface area contributed by atoms with Crippen LogP contribution in [0.2, 0.25) is 0 Å². The molecule has 3 aliphatic rings. The number of ether oxygens (including phenoxy) is 5. The van der Waals surface area contributed by atoms with E-state index in [0.717, 1.165) is 6.42 Å². The van der Waals surface area contributed by atoms with Crippen LogP contribution in [0.1, 0.15) is 136 Å². The molecule has 16 nitrogen and oxygen atoms in total. The van der Waals surface area contributed by atoms with E-state index >= 15 is 0 Å². The van der Waals surface area contributed by atoms with Gasteiger partial charge in [0.05, 0.1) is 65.5 Å². The number of aromatic hydroxyl groups is 2. The summed E-state index contributed by atoms with van der Waals surface area (Å²) in [5.41, 5.74) is 6.96. The molecule has 320 valence electrons. The normalized spacial score (nSPS) is 25.0. The number of fused-ring (bicyclic) bond motifs is 3. The fourth-order valence-electron chi connectivity index (χ4n) is 7.94. The number of methoxy groups -OCH3 is 1. The van der Waals surface area contributed by atoms with Crippen molar-refractivity contribution < 1.29 is 63.3 Å². The van der Waals surface area contributed by atoms with E-state index in [4.69, 9.17) is 29.4 Å². The highest BCUT2D eigenvalue weighted by Crippen LogP contribution is 2.53. The Bertz CT molecular complexity index is 1850. The third kappa shape index (κ3) is 9.55. The molecule has 0 radical (unpaired) electrons. The summed E-state index contributed by atoms with van der Waals surface area (Å²) < 4.78 is 29.5. The monoisotopic (exact) mass is 813 g/mol. The zero-order chi connectivity index (χ0) is 42.7. The van der Waals surface area contributed by atoms with E-state index in [2.05, 4.69) is 17.8 Å². The van der Waals surface area contributed by atoms with Crippen LogP contribution in [0.4, 0.5) is 0 Å². The fourth-order valence-corrected chi connectivity index (χ4v) is 7.94. The molecule has 1 heterocycles. The van der Waals surface area contributed by atoms with Gasteiger partial charge in [-0.05, 0) is 66.4 Å². The van der Waals surface area contributed by atoms with Crippen molar-refractivity contribution in [1.29, 1.82) is 0 Å². The van der Waals surface area contributed by atoms with Crippen molar-refractivity contribution in [3.8, 4) is 17.2 Å². The number of amides is 1. The maximum absolute atomic E-state index is 14.0. The standard InChI is InChI=1S/C42H59N3O13/c1-8-16-55-41(5,6)15-17-56-40(3,4)14-10-13-29(47)45-44-28(21-46)42(53)19-24-32(27(20-42)58-30-18-25(43)35(48)22(2)57-30)39(52)34-33(37(24)50)36(49)23-11-9-12-26(54-7)31(23)38(34)51/h9,11-12,21-22,25,27-28,30,35,44,48,50,52-53H,8,10,13-20,43H2,1-7H3,(H,45,47). The molecule has 7 atom stereocenters. The van der Waals surface area contributed by atoms with Crippen LogP contribution in [0.5, 0.6) is 17.2 Å². The molecular formula is C42H59N3O13. The first-order chi connectivity index (χ1) is 27.3. The van der Waals surface area contributed by atoms with Crippen molar-refractivity contribution in [2.45, 2.75) is 146 Å². The second kappa shape index (κ2) is 18.1. The molecule has 0 bridgehead atoms. The molecule has 7 unspecified atom stereocenters. The number of phenols is 2. The van der Waals surface area contributed by atoms with Gasteiger partial charge in [-0.3, -0.25) is 19.8 Å². The van der Waals surface area contributed by atoms with Crippen LogP contribution in [0, 0.1) is 0 Å². The van der Waals surface area contributed by atoms with Crippen molar-refractivity contribution in [2.75, 3.05) is 20.3 Å². The average molecular weight is 814 g/mol. The van der Waals surface area contributed by atoms with Crippen molar-refractivity contribution in [1.82, 2.24) is 10.9 Å². The predicted octanol–water partition coefficient (Wildman–Crippen LogP) is 3.19. The molecule has 1 amide bonds. The topological polar surface area (TPSA) is 245 Å². The average Bonchev–Trinajstić information content (AvgIpc) is 3.15. The molecule has 58 heavy (non-hydrogen) atoms. The summed E-state index contributed by atoms with van der Waals surface area (Å²) >= 11 is 0. The second-order valence-electron chi connectivity index (χ2n) is 16.8. The summed E-state index contributed by atoms with van der Waals surface area (Å²) in [4.78, 5) is 53.6. The highest BCUT2D eigenvalue weighted by Gasteiger charge is 2.50. The van der Waals surface area contributed by atoms with Gasteiger partial charge in [0, 0.05) is 55.0 Å². The van der Waals surface area contributed by atoms with Crippen LogP contribution in [0.15, 0.2) is 18.2 Å². The smallest absolute Gasteiger partial charge is 0.234 e. The number of carbonyl (C=O) groups excluding carboxylic acids is 4. The lowest BCUT2D eigenvalue weighted by Gasteiger charge is -2.44. The molecule has 0 spiro atoms. The van der Waals surface area contributed by atoms with Gasteiger partial charge in [0.15, 0.2) is 12.1 Å². The molecular weight excluding hydrogens is 754 g/mol. The van der Waals surface area contributed by atoms with Crippen LogP contribution in [-0.2, 0) is 35.0 Å². The Balaban J connectivity index is 1.36. The first kappa shape index (κ1) is 45.1. The number of nitrogens with two attached hydrogens (primary N) is 1. The number of carbonyl (C=O) groups is 4. The molecule has 2 aromatic rings. The number of benzene rings is 2. The van der Waals surface area contributed by atoms with E-state index in [1.54, 1.807) is 6.92 Å². The molecule has 2 aromatic carbocycles. The van der Waals surface area contributed by atoms with E-state index in [9.17, 15) is 39.6 Å². The lowest BCUT2D eigenvalue weighted by atomic mass is 9.71. The number of hydrazine groups is 1. The van der Waals surface area contributed by atoms with Gasteiger partial charge in [-0.1, -0.05) is 19.1 Å². The minimum Gasteiger partial charge on any atom is -0.507 e. The summed E-state index contributed by atoms with van der Waals surface area (Å²) in [6.07, 6.45) is -2.08. The Morgan fingerprint density at radius 1 is 1.05 bits per heavy atom. The first-order valence-corrected chi connectivity index (χ1v) is 19.9. The Morgan fingerprint density at radius 2 is 1.72 bits per heavy atom. The van der Waals surface area contributed by atoms with Gasteiger partial charge in [0.1, 0.15) is 29.6 Å². The SMILES string of the molecule is CCCOC(C)(C)CCOC(C)(C)CCCC(=O)NNC(C=O)C1(O)Cc2c(O)c3c(c(O)c2C(OC2CC(N)C(O)C(C)O2)C1)C(=O)c1c(OC)cccc1C3=O. The zero-order valence-electron chi connectivity index (χ0n) is 34.4. The van der Waals surface area contributed by atoms with E-state index in [1.165, 1.54) is 25.3 Å². The lowest BCUT2D eigenvalue weighted by Crippen LogP contribution is -2.60. The molecule has 1 aliphatic heterocycles. The van der Waals surface area contributed by atoms with Gasteiger partial charge in [0.2, 0.25) is 11.7 Å². The number of aliphatic hydroxyl groups is 2. The van der Waals surface area contributed by atoms with Crippen molar-refractivity contribution >= 4 is 23.8 Å². The number of phenolic OH excluding ortho intramolecular Hbond substituents is 2. The van der Waals surface area contributed by atoms with Crippen LogP contribution < -0.4 is 21.3 Å². The lowest BCUT2D eigenvalue weighted by molar-refractivity contribution is -0.248. The Hall–Kier alpha value is -4.00. The van der Waals surface area contributed by atoms with Crippen LogP contribution >= 0.6 is 0 Å². The van der Waals surface area contributed by atoms with Gasteiger partial charge >= 0.3 is 0 Å². The van der Waals surface area contributed by atoms with Crippen LogP contribution in [0.3, 0.4) is 0 Å². The summed E-state index contributed by atoms with van der Waals surface area (Å²) in [7, 11) is 1.33. The molecule has 1 saturated heterocycles. The zero-order valence-corrected chi connectivity index (χ0v) is 34.4. The number of nitrogens with one attached hydrogen (secondary N) is 2. The maximum Gasteiger partial charge on any atom is 0.234 e. The summed E-state index contributed by atoms with van der Waals surface area (Å²) in [6.45, 7) is 12.7. The summed E-state index contributed by atoms with van der Waals surface area (Å²) in [6, 6.07) is 2.13. The molecule has 0 aromatic heterocycles. The first-order valence-electron chi connectivity index (χ1n) is 19.9. The molecule has 16 heteroatoms. The number of ketones is 2. The maximum atomic E-state index is 14.0. The number of hydrogen-bond acceptors (Lipinski definition) is 15. The van der Waals surface area contributed by atoms with Gasteiger partial charge in [-0.25, -0.2) is 5.43 Å². The molecule has 1 fully saturated rings. The van der Waals surface area contributed by atoms with Crippen molar-refractivity contribution in [3.63, 3.8) is 0 Å². The number of aldehydes is 1. The van der Waals surface area contributed by atoms with Gasteiger partial charge in [-0.2, -0.15) is 0 Å². The van der Waals surface area contributed by atoms with E-state index in [1.807, 2.05) is 27.7 Å². The molecule has 5 rings (SSSR count). The molecule has 0 saturated carbocycles. The Labute approximate surface area is 338 Å². The number of rotatable bonds is 18. The molecule has 2 aliphatic carbocycles. The van der Waals surface area contributed by atoms with Crippen molar-refractivity contribution in [3.05, 3.63) is 51.6 Å². The van der Waals surface area contributed by atoms with Gasteiger partial charge in [0.25, 0.3) is 0 Å². The van der Waals surface area contributed by atoms with Crippen LogP contribution in [0.25, 0.3) is 0 Å². The third-order valence-corrected chi connectivity index (χ3v) is 11.3. The van der Waals surface area contributed by atoms with E-state index < -0.39 is 101 Å². The number of aliphatic hydroxyl groups excluding tert-OH is 1.